The van der Waals surface area contributed by atoms with Crippen molar-refractivity contribution in [1.82, 2.24) is 14.9 Å². The lowest BCUT2D eigenvalue weighted by Gasteiger charge is -2.14. The number of nitrogens with zero attached hydrogens (tertiary/aromatic N) is 4. The van der Waals surface area contributed by atoms with Crippen LogP contribution in [0.5, 0.6) is 0 Å². The van der Waals surface area contributed by atoms with Crippen molar-refractivity contribution in [2.45, 2.75) is 12.1 Å². The topological polar surface area (TPSA) is 43.1 Å². The number of rotatable bonds is 2. The van der Waals surface area contributed by atoms with Crippen LogP contribution in [0.25, 0.3) is 11.4 Å². The molecule has 0 spiro atoms. The van der Waals surface area contributed by atoms with Crippen LogP contribution in [0.2, 0.25) is 0 Å². The summed E-state index contributed by atoms with van der Waals surface area (Å²) in [6.45, 7) is 2.09. The Morgan fingerprint density at radius 1 is 1.04 bits per heavy atom. The molecule has 23 heavy (non-hydrogen) atoms. The standard InChI is InChI=1S/C17H13BrN4S/c1-11-5-7-12(8-6-11)15-10-23-17-20-19-16(22(17)21-15)13-3-2-4-14(18)9-13/h2-9H,10H2,1H3. The van der Waals surface area contributed by atoms with Crippen LogP contribution in [0.15, 0.2) is 63.3 Å². The van der Waals surface area contributed by atoms with Crippen molar-refractivity contribution in [1.29, 1.82) is 0 Å². The average molecular weight is 385 g/mol. The lowest BCUT2D eigenvalue weighted by Crippen LogP contribution is -2.13. The first-order valence-electron chi connectivity index (χ1n) is 7.20. The molecule has 1 aliphatic heterocycles. The highest BCUT2D eigenvalue weighted by atomic mass is 79.9. The second-order valence-electron chi connectivity index (χ2n) is 5.33. The molecule has 0 saturated carbocycles. The van der Waals surface area contributed by atoms with E-state index in [1.54, 1.807) is 11.8 Å². The van der Waals surface area contributed by atoms with Gasteiger partial charge in [0.05, 0.1) is 5.71 Å². The third-order valence-electron chi connectivity index (χ3n) is 3.64. The molecule has 2 heterocycles. The maximum atomic E-state index is 4.78. The molecule has 0 radical (unpaired) electrons. The molecule has 0 bridgehead atoms. The molecule has 0 fully saturated rings. The van der Waals surface area contributed by atoms with Gasteiger partial charge in [0.2, 0.25) is 5.16 Å². The summed E-state index contributed by atoms with van der Waals surface area (Å²) in [5.74, 6) is 1.57. The van der Waals surface area contributed by atoms with Crippen molar-refractivity contribution in [3.8, 4) is 11.4 Å². The SMILES string of the molecule is Cc1ccc(C2=Nn3c(nnc3-c3cccc(Br)c3)SC2)cc1. The summed E-state index contributed by atoms with van der Waals surface area (Å²) < 4.78 is 2.85. The molecule has 0 N–H and O–H groups in total. The van der Waals surface area contributed by atoms with Gasteiger partial charge in [0.15, 0.2) is 5.82 Å². The summed E-state index contributed by atoms with van der Waals surface area (Å²) >= 11 is 5.16. The Labute approximate surface area is 146 Å². The highest BCUT2D eigenvalue weighted by Gasteiger charge is 2.20. The van der Waals surface area contributed by atoms with Crippen LogP contribution < -0.4 is 0 Å². The number of thioether (sulfide) groups is 1. The van der Waals surface area contributed by atoms with Gasteiger partial charge in [-0.15, -0.1) is 10.2 Å². The molecule has 3 aromatic rings. The molecule has 6 heteroatoms. The Morgan fingerprint density at radius 2 is 1.87 bits per heavy atom. The van der Waals surface area contributed by atoms with Crippen LogP contribution in [0.4, 0.5) is 0 Å². The fourth-order valence-corrected chi connectivity index (χ4v) is 3.66. The molecule has 0 atom stereocenters. The third-order valence-corrected chi connectivity index (χ3v) is 5.06. The van der Waals surface area contributed by atoms with Crippen LogP contribution in [0.1, 0.15) is 11.1 Å². The number of aromatic nitrogens is 3. The number of hydrogen-bond donors (Lipinski definition) is 0. The van der Waals surface area contributed by atoms with E-state index in [2.05, 4.69) is 57.3 Å². The minimum Gasteiger partial charge on any atom is -0.187 e. The molecule has 4 nitrogen and oxygen atoms in total. The molecule has 1 aliphatic rings. The molecular weight excluding hydrogens is 372 g/mol. The van der Waals surface area contributed by atoms with E-state index in [9.17, 15) is 0 Å². The number of fused-ring (bicyclic) bond motifs is 1. The van der Waals surface area contributed by atoms with Gasteiger partial charge in [-0.3, -0.25) is 0 Å². The second kappa shape index (κ2) is 5.94. The highest BCUT2D eigenvalue weighted by molar-refractivity contribution is 9.10. The molecule has 114 valence electrons. The zero-order valence-corrected chi connectivity index (χ0v) is 14.8. The average Bonchev–Trinajstić information content (AvgIpc) is 2.98. The summed E-state index contributed by atoms with van der Waals surface area (Å²) in [5, 5.41) is 14.2. The molecule has 0 unspecified atom stereocenters. The number of aryl methyl sites for hydroxylation is 1. The summed E-state index contributed by atoms with van der Waals surface area (Å²) in [7, 11) is 0. The van der Waals surface area contributed by atoms with Gasteiger partial charge < -0.3 is 0 Å². The van der Waals surface area contributed by atoms with Gasteiger partial charge in [0.25, 0.3) is 0 Å². The molecule has 4 rings (SSSR count). The number of hydrogen-bond acceptors (Lipinski definition) is 4. The van der Waals surface area contributed by atoms with Crippen molar-refractivity contribution in [3.63, 3.8) is 0 Å². The molecule has 0 saturated heterocycles. The fourth-order valence-electron chi connectivity index (χ4n) is 2.42. The molecule has 1 aromatic heterocycles. The normalized spacial score (nSPS) is 13.6. The van der Waals surface area contributed by atoms with Crippen molar-refractivity contribution < 1.29 is 0 Å². The Kier molecular flexibility index (Phi) is 3.79. The van der Waals surface area contributed by atoms with E-state index in [4.69, 9.17) is 5.10 Å². The van der Waals surface area contributed by atoms with Gasteiger partial charge in [-0.05, 0) is 24.6 Å². The summed E-state index contributed by atoms with van der Waals surface area (Å²) in [6.07, 6.45) is 0. The van der Waals surface area contributed by atoms with Gasteiger partial charge >= 0.3 is 0 Å². The van der Waals surface area contributed by atoms with E-state index in [0.717, 1.165) is 38.0 Å². The van der Waals surface area contributed by atoms with Crippen molar-refractivity contribution in [3.05, 3.63) is 64.1 Å². The first-order valence-corrected chi connectivity index (χ1v) is 8.97. The molecule has 0 aliphatic carbocycles. The van der Waals surface area contributed by atoms with E-state index >= 15 is 0 Å². The zero-order chi connectivity index (χ0) is 15.8. The number of benzene rings is 2. The van der Waals surface area contributed by atoms with Gasteiger partial charge in [-0.25, -0.2) is 0 Å². The van der Waals surface area contributed by atoms with Crippen molar-refractivity contribution in [2.24, 2.45) is 5.10 Å². The minimum absolute atomic E-state index is 0.762. The summed E-state index contributed by atoms with van der Waals surface area (Å²) in [4.78, 5) is 0. The van der Waals surface area contributed by atoms with E-state index in [1.807, 2.05) is 28.9 Å². The number of halogens is 1. The van der Waals surface area contributed by atoms with Crippen molar-refractivity contribution in [2.75, 3.05) is 5.75 Å². The van der Waals surface area contributed by atoms with E-state index in [1.165, 1.54) is 5.56 Å². The van der Waals surface area contributed by atoms with E-state index < -0.39 is 0 Å². The molecule has 2 aromatic carbocycles. The highest BCUT2D eigenvalue weighted by Crippen LogP contribution is 2.29. The quantitative estimate of drug-likeness (QED) is 0.658. The van der Waals surface area contributed by atoms with Crippen molar-refractivity contribution >= 4 is 33.4 Å². The minimum atomic E-state index is 0.762. The van der Waals surface area contributed by atoms with Crippen LogP contribution in [-0.4, -0.2) is 26.3 Å². The first-order chi connectivity index (χ1) is 11.2. The third kappa shape index (κ3) is 2.84. The molecular formula is C17H13BrN4S. The van der Waals surface area contributed by atoms with Gasteiger partial charge in [-0.1, -0.05) is 69.7 Å². The monoisotopic (exact) mass is 384 g/mol. The fraction of sp³-hybridized carbons (Fsp3) is 0.118. The van der Waals surface area contributed by atoms with Crippen LogP contribution in [0, 0.1) is 6.92 Å². The lowest BCUT2D eigenvalue weighted by molar-refractivity contribution is 0.762. The summed E-state index contributed by atoms with van der Waals surface area (Å²) in [6, 6.07) is 16.5. The predicted octanol–water partition coefficient (Wildman–Crippen LogP) is 4.37. The largest absolute Gasteiger partial charge is 0.212 e. The smallest absolute Gasteiger partial charge is 0.187 e. The maximum Gasteiger partial charge on any atom is 0.212 e. The van der Waals surface area contributed by atoms with Crippen LogP contribution >= 0.6 is 27.7 Å². The van der Waals surface area contributed by atoms with E-state index in [0.29, 0.717) is 0 Å². The first kappa shape index (κ1) is 14.7. The predicted molar refractivity (Wildman–Crippen MR) is 97.0 cm³/mol. The summed E-state index contributed by atoms with van der Waals surface area (Å²) in [5.41, 5.74) is 4.42. The van der Waals surface area contributed by atoms with Crippen LogP contribution in [-0.2, 0) is 0 Å². The molecule has 0 amide bonds. The second-order valence-corrected chi connectivity index (χ2v) is 7.19. The van der Waals surface area contributed by atoms with E-state index in [-0.39, 0.29) is 0 Å². The van der Waals surface area contributed by atoms with Crippen LogP contribution in [0.3, 0.4) is 0 Å². The zero-order valence-electron chi connectivity index (χ0n) is 12.4. The van der Waals surface area contributed by atoms with Gasteiger partial charge in [0, 0.05) is 15.8 Å². The lowest BCUT2D eigenvalue weighted by atomic mass is 10.1. The Bertz CT molecular complexity index is 899. The van der Waals surface area contributed by atoms with Gasteiger partial charge in [0.1, 0.15) is 0 Å². The Balaban J connectivity index is 1.79. The Morgan fingerprint density at radius 3 is 2.65 bits per heavy atom. The maximum absolute atomic E-state index is 4.78. The Hall–Kier alpha value is -1.92. The van der Waals surface area contributed by atoms with Gasteiger partial charge in [-0.2, -0.15) is 9.78 Å².